The number of para-hydroxylation sites is 2. The van der Waals surface area contributed by atoms with E-state index in [4.69, 9.17) is 19.4 Å². The first-order valence-electron chi connectivity index (χ1n) is 30.1. The molecule has 11 aromatic rings. The van der Waals surface area contributed by atoms with Gasteiger partial charge in [-0.1, -0.05) is 233 Å². The first-order valence-corrected chi connectivity index (χ1v) is 33.0. The first-order chi connectivity index (χ1) is 41.8. The Bertz CT molecular complexity index is 4160. The normalized spacial score (nSPS) is 12.9. The Labute approximate surface area is 522 Å². The summed E-state index contributed by atoms with van der Waals surface area (Å²) in [5.41, 5.74) is 9.05. The van der Waals surface area contributed by atoms with E-state index in [9.17, 15) is 10.5 Å². The van der Waals surface area contributed by atoms with Gasteiger partial charge >= 0.3 is 6.85 Å². The molecule has 424 valence electrons. The Morgan fingerprint density at radius 3 is 1.46 bits per heavy atom. The Morgan fingerprint density at radius 2 is 0.965 bits per heavy atom. The SMILES string of the molecule is CCCCCCCC(I)C(C)COc1ccc(-c2c3/c(=C(/C#N)c4nc5ccccc5s4)n(B(C)c4ccccc4)c(-c4ccc(OCCCCCC)cc4)c3/c(=C(/C#N)c3nc4ccccc4s3)n2B(c2ccccc2)c2ccccc2)cc1. The van der Waals surface area contributed by atoms with E-state index in [0.717, 1.165) is 101 Å². The van der Waals surface area contributed by atoms with Gasteiger partial charge in [-0.3, -0.25) is 0 Å². The number of hydrogen-bond acceptors (Lipinski definition) is 8. The van der Waals surface area contributed by atoms with E-state index in [1.54, 1.807) is 0 Å². The van der Waals surface area contributed by atoms with Crippen LogP contribution in [-0.4, -0.2) is 49.8 Å². The van der Waals surface area contributed by atoms with E-state index < -0.39 is 6.85 Å². The van der Waals surface area contributed by atoms with Gasteiger partial charge in [0, 0.05) is 32.0 Å². The van der Waals surface area contributed by atoms with Crippen molar-refractivity contribution in [2.24, 2.45) is 5.92 Å². The third-order valence-corrected chi connectivity index (χ3v) is 20.2. The van der Waals surface area contributed by atoms with Crippen LogP contribution in [0.1, 0.15) is 95.0 Å². The zero-order valence-electron chi connectivity index (χ0n) is 48.9. The highest BCUT2D eigenvalue weighted by atomic mass is 127. The lowest BCUT2D eigenvalue weighted by Crippen LogP contribution is -2.53. The quantitative estimate of drug-likeness (QED) is 0.0244. The largest absolute Gasteiger partial charge is 0.494 e. The molecule has 2 unspecified atom stereocenters. The molecule has 13 heteroatoms. The number of nitriles is 2. The first kappa shape index (κ1) is 59.1. The minimum atomic E-state index is -0.492. The van der Waals surface area contributed by atoms with Crippen LogP contribution in [0.5, 0.6) is 11.5 Å². The average Bonchev–Trinajstić information content (AvgIpc) is 1.74. The molecule has 0 amide bonds. The standard InChI is InChI=1S/C72H69B2IN6O2S2/c1-5-7-9-11-21-33-60(75)50(3)49-83-57-44-40-52(41-45-57)68-66-65(70(59(48-77)72-79-62-35-23-25-37-64(62)85-72)81(68)74(54-29-17-13-18-30-54)55-31-19-14-20-32-55)67(51-38-42-56(43-39-51)82-46-26-10-8-6-2)80(73(4)53-27-15-12-16-28-53)69(66)58(47-76)71-78-61-34-22-24-36-63(61)84-71/h12-20,22-25,27-32,34-45,50,60H,5-11,21,26,33,46,49H2,1-4H3/b69-58+,70-59+. The van der Waals surface area contributed by atoms with Crippen LogP contribution in [-0.2, 0) is 0 Å². The zero-order chi connectivity index (χ0) is 58.7. The van der Waals surface area contributed by atoms with Gasteiger partial charge in [0.2, 0.25) is 0 Å². The minimum Gasteiger partial charge on any atom is -0.494 e. The summed E-state index contributed by atoms with van der Waals surface area (Å²) in [5, 5.41) is 28.7. The van der Waals surface area contributed by atoms with Crippen LogP contribution in [0.15, 0.2) is 188 Å². The van der Waals surface area contributed by atoms with Crippen LogP contribution in [0, 0.1) is 28.6 Å². The Morgan fingerprint density at radius 1 is 0.529 bits per heavy atom. The van der Waals surface area contributed by atoms with Gasteiger partial charge in [0.1, 0.15) is 44.8 Å². The fourth-order valence-corrected chi connectivity index (χ4v) is 14.4. The Hall–Kier alpha value is -7.68. The van der Waals surface area contributed by atoms with Crippen LogP contribution < -0.4 is 36.6 Å². The van der Waals surface area contributed by atoms with Crippen LogP contribution in [0.4, 0.5) is 0 Å². The van der Waals surface area contributed by atoms with E-state index in [1.807, 2.05) is 42.5 Å². The molecule has 85 heavy (non-hydrogen) atoms. The number of thiazole rings is 2. The van der Waals surface area contributed by atoms with Crippen molar-refractivity contribution >= 4 is 118 Å². The highest BCUT2D eigenvalue weighted by Crippen LogP contribution is 2.39. The van der Waals surface area contributed by atoms with Crippen LogP contribution in [0.3, 0.4) is 0 Å². The molecule has 0 N–H and O–H groups in total. The number of rotatable bonds is 25. The number of aromatic nitrogens is 4. The molecule has 0 aliphatic rings. The number of halogens is 1. The molecular formula is C72H69B2IN6O2S2. The van der Waals surface area contributed by atoms with E-state index in [-0.39, 0.29) is 6.85 Å². The molecule has 0 bridgehead atoms. The Kier molecular flexibility index (Phi) is 19.5. The predicted octanol–water partition coefficient (Wildman–Crippen LogP) is 15.6. The Balaban J connectivity index is 1.30. The topological polar surface area (TPSA) is 102 Å². The number of nitrogens with zero attached hydrogens (tertiary/aromatic N) is 6. The summed E-state index contributed by atoms with van der Waals surface area (Å²) in [7, 11) is 0. The maximum absolute atomic E-state index is 12.3. The van der Waals surface area contributed by atoms with Gasteiger partial charge in [0.05, 0.1) is 44.3 Å². The number of fused-ring (bicyclic) bond motifs is 3. The fraction of sp³-hybridized carbons (Fsp3) is 0.250. The lowest BCUT2D eigenvalue weighted by molar-refractivity contribution is 0.256. The summed E-state index contributed by atoms with van der Waals surface area (Å²) in [6.45, 7) is 9.39. The van der Waals surface area contributed by atoms with Crippen molar-refractivity contribution in [3.05, 3.63) is 209 Å². The maximum atomic E-state index is 12.3. The van der Waals surface area contributed by atoms with Crippen molar-refractivity contribution in [1.82, 2.24) is 18.9 Å². The molecule has 4 heterocycles. The molecule has 0 aliphatic heterocycles. The molecule has 2 atom stereocenters. The minimum absolute atomic E-state index is 0.345. The lowest BCUT2D eigenvalue weighted by Gasteiger charge is -2.23. The molecule has 0 fully saturated rings. The van der Waals surface area contributed by atoms with Crippen LogP contribution >= 0.6 is 45.3 Å². The molecule has 4 aromatic heterocycles. The van der Waals surface area contributed by atoms with Gasteiger partial charge in [-0.2, -0.15) is 10.5 Å². The summed E-state index contributed by atoms with van der Waals surface area (Å²) in [4.78, 5) is 10.6. The number of ether oxygens (including phenoxy) is 2. The molecule has 0 aliphatic carbocycles. The molecule has 8 nitrogen and oxygen atoms in total. The van der Waals surface area contributed by atoms with Crippen molar-refractivity contribution in [2.75, 3.05) is 13.2 Å². The second-order valence-corrected chi connectivity index (χ2v) is 25.8. The lowest BCUT2D eigenvalue weighted by atomic mass is 9.50. The van der Waals surface area contributed by atoms with E-state index in [1.165, 1.54) is 67.6 Å². The molecule has 11 rings (SSSR count). The molecule has 0 radical (unpaired) electrons. The predicted molar refractivity (Wildman–Crippen MR) is 367 cm³/mol. The smallest absolute Gasteiger partial charge is 0.328 e. The summed E-state index contributed by atoms with van der Waals surface area (Å²) in [5.74, 6) is 1.91. The second-order valence-electron chi connectivity index (χ2n) is 22.1. The third kappa shape index (κ3) is 12.8. The van der Waals surface area contributed by atoms with Gasteiger partial charge in [0.15, 0.2) is 0 Å². The molecule has 0 saturated heterocycles. The van der Waals surface area contributed by atoms with E-state index >= 15 is 0 Å². The van der Waals surface area contributed by atoms with Crippen molar-refractivity contribution in [3.63, 3.8) is 0 Å². The summed E-state index contributed by atoms with van der Waals surface area (Å²) in [6, 6.07) is 70.5. The van der Waals surface area contributed by atoms with Gasteiger partial charge in [-0.05, 0) is 96.8 Å². The van der Waals surface area contributed by atoms with E-state index in [0.29, 0.717) is 54.9 Å². The van der Waals surface area contributed by atoms with Crippen molar-refractivity contribution < 1.29 is 9.47 Å². The van der Waals surface area contributed by atoms with Crippen LogP contribution in [0.2, 0.25) is 6.82 Å². The maximum Gasteiger partial charge on any atom is 0.328 e. The number of benzene rings is 7. The second kappa shape index (κ2) is 28.0. The molecule has 7 aromatic carbocycles. The van der Waals surface area contributed by atoms with Gasteiger partial charge in [-0.25, -0.2) is 9.97 Å². The van der Waals surface area contributed by atoms with Gasteiger partial charge in [-0.15, -0.1) is 22.7 Å². The molecular weight excluding hydrogens is 1190 g/mol. The van der Waals surface area contributed by atoms with Crippen molar-refractivity contribution in [1.29, 1.82) is 10.5 Å². The third-order valence-electron chi connectivity index (χ3n) is 16.3. The molecule has 0 saturated carbocycles. The van der Waals surface area contributed by atoms with Crippen LogP contribution in [0.25, 0.3) is 64.9 Å². The zero-order valence-corrected chi connectivity index (χ0v) is 52.7. The number of unbranched alkanes of at least 4 members (excludes halogenated alkanes) is 7. The van der Waals surface area contributed by atoms with Gasteiger partial charge in [0.25, 0.3) is 6.85 Å². The number of hydrogen-bond donors (Lipinski definition) is 0. The van der Waals surface area contributed by atoms with Crippen molar-refractivity contribution in [2.45, 2.75) is 95.7 Å². The summed E-state index contributed by atoms with van der Waals surface area (Å²) < 4.78 is 20.4. The van der Waals surface area contributed by atoms with Gasteiger partial charge < -0.3 is 18.4 Å². The fourth-order valence-electron chi connectivity index (χ4n) is 11.8. The molecule has 0 spiro atoms. The van der Waals surface area contributed by atoms with Crippen molar-refractivity contribution in [3.8, 4) is 46.2 Å². The summed E-state index contributed by atoms with van der Waals surface area (Å²) in [6.07, 6.45) is 11.9. The highest BCUT2D eigenvalue weighted by Gasteiger charge is 2.36. The average molecular weight is 1260 g/mol. The number of alkyl halides is 1. The highest BCUT2D eigenvalue weighted by molar-refractivity contribution is 14.1. The van der Waals surface area contributed by atoms with E-state index in [2.05, 4.69) is 217 Å². The monoisotopic (exact) mass is 1260 g/mol. The summed E-state index contributed by atoms with van der Waals surface area (Å²) >= 11 is 5.67.